The third-order valence-corrected chi connectivity index (χ3v) is 4.01. The Kier molecular flexibility index (Phi) is 5.99. The highest BCUT2D eigenvalue weighted by Gasteiger charge is 2.17. The molecule has 0 aliphatic heterocycles. The first kappa shape index (κ1) is 19.5. The third-order valence-electron chi connectivity index (χ3n) is 4.01. The van der Waals surface area contributed by atoms with Crippen molar-refractivity contribution in [2.75, 3.05) is 20.3 Å². The first-order chi connectivity index (χ1) is 13.5. The fourth-order valence-corrected chi connectivity index (χ4v) is 2.58. The molecule has 0 saturated heterocycles. The lowest BCUT2D eigenvalue weighted by molar-refractivity contribution is 0.0468. The molecule has 3 rings (SSSR count). The van der Waals surface area contributed by atoms with E-state index in [9.17, 15) is 9.59 Å². The molecule has 6 heteroatoms. The molecule has 0 fully saturated rings. The Bertz CT molecular complexity index is 953. The van der Waals surface area contributed by atoms with Crippen LogP contribution in [0.4, 0.5) is 0 Å². The Balaban J connectivity index is 1.64. The van der Waals surface area contributed by atoms with Gasteiger partial charge in [-0.2, -0.15) is 0 Å². The molecule has 28 heavy (non-hydrogen) atoms. The van der Waals surface area contributed by atoms with Crippen LogP contribution in [0.5, 0.6) is 11.5 Å². The summed E-state index contributed by atoms with van der Waals surface area (Å²) in [5, 5.41) is 0.818. The number of esters is 1. The minimum absolute atomic E-state index is 0.156. The standard InChI is InChI=1S/C22H22O6/c1-14(2)12-26-19-9-8-16(11-21(19)25-3)22(24)27-13-17(23)20-10-15-6-4-5-7-18(15)28-20/h4-11,14H,12-13H2,1-3H3. The van der Waals surface area contributed by atoms with Crippen molar-refractivity contribution < 1.29 is 28.2 Å². The van der Waals surface area contributed by atoms with Crippen molar-refractivity contribution in [1.82, 2.24) is 0 Å². The second-order valence-electron chi connectivity index (χ2n) is 6.72. The van der Waals surface area contributed by atoms with Crippen molar-refractivity contribution >= 4 is 22.7 Å². The fraction of sp³-hybridized carbons (Fsp3) is 0.273. The van der Waals surface area contributed by atoms with Crippen molar-refractivity contribution in [3.8, 4) is 11.5 Å². The van der Waals surface area contributed by atoms with Gasteiger partial charge in [0, 0.05) is 5.39 Å². The molecule has 0 N–H and O–H groups in total. The highest BCUT2D eigenvalue weighted by atomic mass is 16.5. The van der Waals surface area contributed by atoms with Crippen molar-refractivity contribution in [2.24, 2.45) is 5.92 Å². The normalized spacial score (nSPS) is 10.9. The molecule has 0 atom stereocenters. The van der Waals surface area contributed by atoms with Gasteiger partial charge < -0.3 is 18.6 Å². The van der Waals surface area contributed by atoms with Gasteiger partial charge >= 0.3 is 5.97 Å². The zero-order valence-corrected chi connectivity index (χ0v) is 16.1. The van der Waals surface area contributed by atoms with E-state index in [1.54, 1.807) is 24.3 Å². The first-order valence-corrected chi connectivity index (χ1v) is 8.97. The highest BCUT2D eigenvalue weighted by molar-refractivity contribution is 6.00. The van der Waals surface area contributed by atoms with Crippen LogP contribution in [-0.2, 0) is 4.74 Å². The molecule has 0 aliphatic rings. The summed E-state index contributed by atoms with van der Waals surface area (Å²) in [6.07, 6.45) is 0. The summed E-state index contributed by atoms with van der Waals surface area (Å²) >= 11 is 0. The summed E-state index contributed by atoms with van der Waals surface area (Å²) < 4.78 is 21.6. The first-order valence-electron chi connectivity index (χ1n) is 8.97. The van der Waals surface area contributed by atoms with Gasteiger partial charge in [-0.3, -0.25) is 4.79 Å². The van der Waals surface area contributed by atoms with Gasteiger partial charge in [0.05, 0.1) is 19.3 Å². The topological polar surface area (TPSA) is 75.0 Å². The van der Waals surface area contributed by atoms with Crippen molar-refractivity contribution in [2.45, 2.75) is 13.8 Å². The Morgan fingerprint density at radius 1 is 1.04 bits per heavy atom. The van der Waals surface area contributed by atoms with Crippen LogP contribution in [0.3, 0.4) is 0 Å². The van der Waals surface area contributed by atoms with Gasteiger partial charge in [-0.25, -0.2) is 4.79 Å². The van der Waals surface area contributed by atoms with E-state index in [1.807, 2.05) is 32.0 Å². The molecule has 3 aromatic rings. The number of Topliss-reactive ketones (excluding diaryl/α,β-unsaturated/α-hetero) is 1. The van der Waals surface area contributed by atoms with Gasteiger partial charge in [-0.1, -0.05) is 32.0 Å². The summed E-state index contributed by atoms with van der Waals surface area (Å²) in [4.78, 5) is 24.6. The Hall–Kier alpha value is -3.28. The van der Waals surface area contributed by atoms with Gasteiger partial charge in [0.25, 0.3) is 0 Å². The number of ketones is 1. The van der Waals surface area contributed by atoms with E-state index in [0.717, 1.165) is 5.39 Å². The predicted octanol–water partition coefficient (Wildman–Crippen LogP) is 4.52. The van der Waals surface area contributed by atoms with E-state index < -0.39 is 18.4 Å². The minimum atomic E-state index is -0.627. The number of carbonyl (C=O) groups excluding carboxylic acids is 2. The molecule has 2 aromatic carbocycles. The number of benzene rings is 2. The van der Waals surface area contributed by atoms with Crippen LogP contribution in [0.2, 0.25) is 0 Å². The summed E-state index contributed by atoms with van der Waals surface area (Å²) in [6.45, 7) is 4.20. The summed E-state index contributed by atoms with van der Waals surface area (Å²) in [5.41, 5.74) is 0.880. The minimum Gasteiger partial charge on any atom is -0.493 e. The number of hydrogen-bond donors (Lipinski definition) is 0. The number of methoxy groups -OCH3 is 1. The molecule has 146 valence electrons. The van der Waals surface area contributed by atoms with Crippen molar-refractivity contribution in [3.05, 3.63) is 59.9 Å². The highest BCUT2D eigenvalue weighted by Crippen LogP contribution is 2.29. The van der Waals surface area contributed by atoms with Crippen LogP contribution < -0.4 is 9.47 Å². The van der Waals surface area contributed by atoms with Gasteiger partial charge in [0.2, 0.25) is 5.78 Å². The maximum absolute atomic E-state index is 12.3. The largest absolute Gasteiger partial charge is 0.493 e. The Morgan fingerprint density at radius 3 is 2.54 bits per heavy atom. The van der Waals surface area contributed by atoms with Crippen molar-refractivity contribution in [1.29, 1.82) is 0 Å². The summed E-state index contributed by atoms with van der Waals surface area (Å²) in [7, 11) is 1.50. The van der Waals surface area contributed by atoms with Crippen molar-refractivity contribution in [3.63, 3.8) is 0 Å². The zero-order chi connectivity index (χ0) is 20.1. The Labute approximate surface area is 163 Å². The zero-order valence-electron chi connectivity index (χ0n) is 16.1. The van der Waals surface area contributed by atoms with E-state index >= 15 is 0 Å². The summed E-state index contributed by atoms with van der Waals surface area (Å²) in [5.74, 6) is 0.457. The fourth-order valence-electron chi connectivity index (χ4n) is 2.58. The average Bonchev–Trinajstić information content (AvgIpc) is 3.14. The number of furan rings is 1. The van der Waals surface area contributed by atoms with Crippen LogP contribution >= 0.6 is 0 Å². The van der Waals surface area contributed by atoms with Crippen LogP contribution in [0.1, 0.15) is 34.8 Å². The molecule has 0 amide bonds. The van der Waals surface area contributed by atoms with E-state index in [4.69, 9.17) is 18.6 Å². The van der Waals surface area contributed by atoms with Gasteiger partial charge in [0.15, 0.2) is 23.9 Å². The molecule has 1 aromatic heterocycles. The van der Waals surface area contributed by atoms with Gasteiger partial charge in [0.1, 0.15) is 5.58 Å². The molecular formula is C22H22O6. The summed E-state index contributed by atoms with van der Waals surface area (Å²) in [6, 6.07) is 13.7. The second-order valence-corrected chi connectivity index (χ2v) is 6.72. The SMILES string of the molecule is COc1cc(C(=O)OCC(=O)c2cc3ccccc3o2)ccc1OCC(C)C. The van der Waals surface area contributed by atoms with E-state index in [-0.39, 0.29) is 11.3 Å². The number of hydrogen-bond acceptors (Lipinski definition) is 6. The molecule has 1 heterocycles. The number of carbonyl (C=O) groups is 2. The van der Waals surface area contributed by atoms with Crippen LogP contribution in [0, 0.1) is 5.92 Å². The lowest BCUT2D eigenvalue weighted by atomic mass is 10.2. The van der Waals surface area contributed by atoms with E-state index in [1.165, 1.54) is 13.2 Å². The van der Waals surface area contributed by atoms with Crippen LogP contribution in [0.25, 0.3) is 11.0 Å². The molecule has 0 saturated carbocycles. The van der Waals surface area contributed by atoms with Crippen LogP contribution in [-0.4, -0.2) is 32.1 Å². The maximum atomic E-state index is 12.3. The second kappa shape index (κ2) is 8.61. The molecule has 0 bridgehead atoms. The number of para-hydroxylation sites is 1. The van der Waals surface area contributed by atoms with Gasteiger partial charge in [-0.15, -0.1) is 0 Å². The smallest absolute Gasteiger partial charge is 0.338 e. The lowest BCUT2D eigenvalue weighted by Crippen LogP contribution is -2.14. The number of ether oxygens (including phenoxy) is 3. The predicted molar refractivity (Wildman–Crippen MR) is 104 cm³/mol. The quantitative estimate of drug-likeness (QED) is 0.421. The molecular weight excluding hydrogens is 360 g/mol. The third kappa shape index (κ3) is 4.52. The molecule has 0 unspecified atom stereocenters. The Morgan fingerprint density at radius 2 is 1.82 bits per heavy atom. The molecule has 0 radical (unpaired) electrons. The van der Waals surface area contributed by atoms with E-state index in [2.05, 4.69) is 0 Å². The van der Waals surface area contributed by atoms with E-state index in [0.29, 0.717) is 29.6 Å². The van der Waals surface area contributed by atoms with Crippen LogP contribution in [0.15, 0.2) is 52.9 Å². The van der Waals surface area contributed by atoms with Gasteiger partial charge in [-0.05, 0) is 36.2 Å². The maximum Gasteiger partial charge on any atom is 0.338 e. The number of rotatable bonds is 8. The molecule has 6 nitrogen and oxygen atoms in total. The average molecular weight is 382 g/mol. The number of fused-ring (bicyclic) bond motifs is 1. The molecule has 0 spiro atoms. The lowest BCUT2D eigenvalue weighted by Gasteiger charge is -2.13. The monoisotopic (exact) mass is 382 g/mol. The molecule has 0 aliphatic carbocycles.